The molecular weight excluding hydrogens is 793 g/mol. The fourth-order valence-electron chi connectivity index (χ4n) is 4.79. The summed E-state index contributed by atoms with van der Waals surface area (Å²) in [6, 6.07) is 11.8. The maximum absolute atomic E-state index is 12.6. The number of nitrogens with one attached hydrogen (secondary N) is 2. The van der Waals surface area contributed by atoms with Crippen LogP contribution >= 0.6 is 0 Å². The molecule has 0 spiro atoms. The second-order valence-electron chi connectivity index (χ2n) is 10.2. The first-order valence-electron chi connectivity index (χ1n) is 14.8. The number of H-pyrrole nitrogens is 2. The number of aromatic amines is 2. The number of benzene rings is 2. The largest absolute Gasteiger partial charge is 0.493 e. The molecule has 4 aromatic heterocycles. The molecule has 2 aromatic carbocycles. The lowest BCUT2D eigenvalue weighted by Gasteiger charge is -2.10. The number of methoxy groups -OCH3 is 4. The van der Waals surface area contributed by atoms with Gasteiger partial charge in [-0.3, -0.25) is 18.4 Å². The molecular formula is C32H34F4MgN6O10S2. The van der Waals surface area contributed by atoms with Crippen LogP contribution in [0, 0.1) is 0 Å². The van der Waals surface area contributed by atoms with Crippen LogP contribution in [-0.2, 0) is 33.1 Å². The van der Waals surface area contributed by atoms with Gasteiger partial charge in [0.15, 0.2) is 33.3 Å². The topological polar surface area (TPSA) is 236 Å². The summed E-state index contributed by atoms with van der Waals surface area (Å²) in [7, 11) is 2.81. The van der Waals surface area contributed by atoms with E-state index >= 15 is 0 Å². The molecule has 23 heteroatoms. The Morgan fingerprint density at radius 3 is 1.33 bits per heavy atom. The summed E-state index contributed by atoms with van der Waals surface area (Å²) in [5.74, 6) is 1.82. The average Bonchev–Trinajstić information content (AvgIpc) is 3.75. The summed E-state index contributed by atoms with van der Waals surface area (Å²) >= 11 is 0. The van der Waals surface area contributed by atoms with Gasteiger partial charge in [0, 0.05) is 59.7 Å². The number of hydrogen-bond acceptors (Lipinski definition) is 12. The zero-order valence-corrected chi connectivity index (χ0v) is 32.5. The smallest absolute Gasteiger partial charge is 0.387 e. The van der Waals surface area contributed by atoms with Crippen molar-refractivity contribution in [1.82, 2.24) is 29.9 Å². The van der Waals surface area contributed by atoms with Gasteiger partial charge in [0.25, 0.3) is 0 Å². The lowest BCUT2D eigenvalue weighted by Crippen LogP contribution is -2.04. The first-order chi connectivity index (χ1) is 25.0. The molecule has 0 amide bonds. The number of halogens is 4. The number of hydrogen-bond donors (Lipinski definition) is 2. The van der Waals surface area contributed by atoms with Gasteiger partial charge < -0.3 is 49.3 Å². The van der Waals surface area contributed by atoms with Gasteiger partial charge in [-0.1, -0.05) is 0 Å². The van der Waals surface area contributed by atoms with Crippen molar-refractivity contribution in [1.29, 1.82) is 0 Å². The Labute approximate surface area is 331 Å². The number of aromatic nitrogens is 6. The number of fused-ring (bicyclic) bond motifs is 2. The van der Waals surface area contributed by atoms with E-state index in [9.17, 15) is 26.0 Å². The molecule has 0 saturated heterocycles. The number of rotatable bonds is 14. The van der Waals surface area contributed by atoms with Gasteiger partial charge in [-0.2, -0.15) is 17.6 Å². The van der Waals surface area contributed by atoms with Gasteiger partial charge in [-0.25, -0.2) is 9.97 Å². The number of pyridine rings is 2. The molecule has 6 N–H and O–H groups in total. The van der Waals surface area contributed by atoms with Crippen LogP contribution in [0.3, 0.4) is 0 Å². The van der Waals surface area contributed by atoms with Gasteiger partial charge in [-0.05, 0) is 24.3 Å². The zero-order valence-electron chi connectivity index (χ0n) is 29.4. The van der Waals surface area contributed by atoms with E-state index in [4.69, 9.17) is 18.9 Å². The molecule has 6 aromatic rings. The second kappa shape index (κ2) is 21.3. The number of nitrogens with zero attached hydrogens (tertiary/aromatic N) is 4. The van der Waals surface area contributed by atoms with Crippen LogP contribution in [0.1, 0.15) is 11.4 Å². The quantitative estimate of drug-likeness (QED) is 0.118. The zero-order chi connectivity index (χ0) is 37.4. The molecule has 0 fully saturated rings. The third kappa shape index (κ3) is 11.6. The Bertz CT molecular complexity index is 2060. The molecule has 0 saturated carbocycles. The fraction of sp³-hybridized carbons (Fsp3) is 0.250. The van der Waals surface area contributed by atoms with Crippen LogP contribution in [0.4, 0.5) is 17.6 Å². The first kappa shape index (κ1) is 46.3. The van der Waals surface area contributed by atoms with Crippen molar-refractivity contribution < 1.29 is 65.4 Å². The summed E-state index contributed by atoms with van der Waals surface area (Å²) in [5, 5.41) is 0.390. The molecule has 2 atom stereocenters. The third-order valence-electron chi connectivity index (χ3n) is 7.01. The van der Waals surface area contributed by atoms with E-state index in [0.717, 1.165) is 0 Å². The summed E-state index contributed by atoms with van der Waals surface area (Å²) < 4.78 is 104. The highest BCUT2D eigenvalue weighted by Gasteiger charge is 2.19. The highest BCUT2D eigenvalue weighted by molar-refractivity contribution is 7.84. The van der Waals surface area contributed by atoms with E-state index in [0.29, 0.717) is 56.5 Å². The SMILES string of the molecule is COc1ccnc(C[S@](=O)c2nc3ccc(OC(F)F)cc3[nH]2)c1OC.COc1ccnc(C[S@](=O)c2nc3ccc(OC(F)F)cc3[nH]2)c1OC.O.O.[Mg]. The van der Waals surface area contributed by atoms with Gasteiger partial charge in [0.2, 0.25) is 0 Å². The molecule has 16 nitrogen and oxygen atoms in total. The van der Waals surface area contributed by atoms with E-state index in [1.165, 1.54) is 77.2 Å². The highest BCUT2D eigenvalue weighted by Crippen LogP contribution is 2.32. The molecule has 2 radical (unpaired) electrons. The van der Waals surface area contributed by atoms with Crippen molar-refractivity contribution in [2.45, 2.75) is 35.0 Å². The van der Waals surface area contributed by atoms with Gasteiger partial charge in [0.05, 0.1) is 95.0 Å². The van der Waals surface area contributed by atoms with E-state index in [2.05, 4.69) is 39.4 Å². The molecule has 0 aliphatic carbocycles. The van der Waals surface area contributed by atoms with Crippen LogP contribution in [0.5, 0.6) is 34.5 Å². The van der Waals surface area contributed by atoms with Crippen molar-refractivity contribution in [2.24, 2.45) is 0 Å². The van der Waals surface area contributed by atoms with E-state index in [-0.39, 0.29) is 67.3 Å². The monoisotopic (exact) mass is 826 g/mol. The Balaban J connectivity index is 0.000000360. The van der Waals surface area contributed by atoms with Crippen LogP contribution < -0.4 is 28.4 Å². The Kier molecular flexibility index (Phi) is 18.0. The van der Waals surface area contributed by atoms with Gasteiger partial charge in [0.1, 0.15) is 11.5 Å². The molecule has 294 valence electrons. The first-order valence-corrected chi connectivity index (χ1v) is 17.4. The van der Waals surface area contributed by atoms with Gasteiger partial charge >= 0.3 is 13.2 Å². The highest BCUT2D eigenvalue weighted by atomic mass is 32.2. The average molecular weight is 827 g/mol. The Morgan fingerprint density at radius 1 is 0.618 bits per heavy atom. The van der Waals surface area contributed by atoms with Crippen LogP contribution in [0.25, 0.3) is 22.1 Å². The van der Waals surface area contributed by atoms with Crippen molar-refractivity contribution in [3.63, 3.8) is 0 Å². The lowest BCUT2D eigenvalue weighted by atomic mass is 10.3. The standard InChI is InChI=1S/2C16H15F2N3O4S.Mg.2H2O/c2*1-23-13-5-6-19-12(14(13)24-2)8-26(22)16-20-10-4-3-9(25-15(17)18)7-11(10)21-16;;;/h2*3-7,15H,8H2,1-2H3,(H,20,21);;2*1H2/t2*26-;;;/m00.../s1. The minimum absolute atomic E-state index is 0. The fourth-order valence-corrected chi connectivity index (χ4v) is 6.82. The minimum Gasteiger partial charge on any atom is -0.493 e. The van der Waals surface area contributed by atoms with E-state index in [1.54, 1.807) is 12.1 Å². The molecule has 0 aliphatic heterocycles. The maximum Gasteiger partial charge on any atom is 0.387 e. The van der Waals surface area contributed by atoms with Crippen molar-refractivity contribution in [3.8, 4) is 34.5 Å². The second-order valence-corrected chi connectivity index (χ2v) is 12.9. The predicted molar refractivity (Wildman–Crippen MR) is 193 cm³/mol. The van der Waals surface area contributed by atoms with Crippen LogP contribution in [-0.4, -0.2) is 114 Å². The van der Waals surface area contributed by atoms with Crippen LogP contribution in [0.15, 0.2) is 71.2 Å². The number of ether oxygens (including phenoxy) is 6. The predicted octanol–water partition coefficient (Wildman–Crippen LogP) is 3.74. The lowest BCUT2D eigenvalue weighted by molar-refractivity contribution is -0.0504. The van der Waals surface area contributed by atoms with E-state index in [1.807, 2.05) is 0 Å². The van der Waals surface area contributed by atoms with Gasteiger partial charge in [-0.15, -0.1) is 0 Å². The van der Waals surface area contributed by atoms with Crippen molar-refractivity contribution in [3.05, 3.63) is 72.3 Å². The third-order valence-corrected chi connectivity index (χ3v) is 9.33. The Morgan fingerprint density at radius 2 is 1.00 bits per heavy atom. The summed E-state index contributed by atoms with van der Waals surface area (Å²) in [6.45, 7) is -5.84. The minimum atomic E-state index is -2.92. The van der Waals surface area contributed by atoms with E-state index < -0.39 is 34.8 Å². The number of alkyl halides is 4. The number of imidazole rings is 2. The molecule has 4 heterocycles. The molecule has 0 unspecified atom stereocenters. The maximum atomic E-state index is 12.6. The van der Waals surface area contributed by atoms with Crippen molar-refractivity contribution >= 4 is 66.7 Å². The molecule has 0 bridgehead atoms. The van der Waals surface area contributed by atoms with Crippen molar-refractivity contribution in [2.75, 3.05) is 28.4 Å². The molecule has 6 rings (SSSR count). The molecule has 55 heavy (non-hydrogen) atoms. The van der Waals surface area contributed by atoms with Crippen LogP contribution in [0.2, 0.25) is 0 Å². The summed E-state index contributed by atoms with van der Waals surface area (Å²) in [6.07, 6.45) is 3.06. The Hall–Kier alpha value is -4.81. The summed E-state index contributed by atoms with van der Waals surface area (Å²) in [4.78, 5) is 22.5. The summed E-state index contributed by atoms with van der Waals surface area (Å²) in [5.41, 5.74) is 2.76. The molecule has 0 aliphatic rings. The normalized spacial score (nSPS) is 11.7.